The third kappa shape index (κ3) is 2.26. The normalized spacial score (nSPS) is 10.4. The summed E-state index contributed by atoms with van der Waals surface area (Å²) in [6.45, 7) is 0. The highest BCUT2D eigenvalue weighted by Crippen LogP contribution is 2.28. The quantitative estimate of drug-likeness (QED) is 0.770. The molecule has 0 fully saturated rings. The third-order valence-electron chi connectivity index (χ3n) is 2.63. The molecule has 3 rings (SSSR count). The Morgan fingerprint density at radius 2 is 2.30 bits per heavy atom. The number of benzene rings is 1. The van der Waals surface area contributed by atoms with Crippen LogP contribution in [-0.4, -0.2) is 30.6 Å². The highest BCUT2D eigenvalue weighted by atomic mass is 35.5. The van der Waals surface area contributed by atoms with Gasteiger partial charge in [0.05, 0.1) is 22.7 Å². The number of halogens is 1. The number of nitrogens with one attached hydrogen (secondary N) is 2. The van der Waals surface area contributed by atoms with Crippen molar-refractivity contribution in [1.82, 2.24) is 24.7 Å². The largest absolute Gasteiger partial charge is 0.317 e. The molecule has 2 heterocycles. The Kier molecular flexibility index (Phi) is 3.18. The van der Waals surface area contributed by atoms with Crippen LogP contribution in [0.2, 0.25) is 5.02 Å². The molecule has 3 aromatic rings. The summed E-state index contributed by atoms with van der Waals surface area (Å²) in [5.41, 5.74) is 1.19. The van der Waals surface area contributed by atoms with Crippen LogP contribution in [0.1, 0.15) is 10.6 Å². The summed E-state index contributed by atoms with van der Waals surface area (Å²) in [5, 5.41) is 9.37. The first-order valence-corrected chi connectivity index (χ1v) is 6.07. The number of nitrogens with zero attached hydrogens (tertiary/aromatic N) is 4. The van der Waals surface area contributed by atoms with Crippen molar-refractivity contribution in [2.24, 2.45) is 0 Å². The molecule has 2 aromatic heterocycles. The maximum absolute atomic E-state index is 12.0. The standard InChI is InChI=1S/C12H9ClN6O/c13-8-2-1-3-9(10(8)19-5-4-14-7-19)17-12(20)11-15-6-16-18-11/h1-7H,(H,17,20)(H,15,16,18). The lowest BCUT2D eigenvalue weighted by Gasteiger charge is -2.12. The summed E-state index contributed by atoms with van der Waals surface area (Å²) in [4.78, 5) is 19.8. The Hall–Kier alpha value is -2.67. The molecule has 2 N–H and O–H groups in total. The molecule has 100 valence electrons. The molecule has 7 nitrogen and oxygen atoms in total. The van der Waals surface area contributed by atoms with Gasteiger partial charge >= 0.3 is 0 Å². The minimum Gasteiger partial charge on any atom is -0.317 e. The SMILES string of the molecule is O=C(Nc1cccc(Cl)c1-n1ccnc1)c1ncn[nH]1. The van der Waals surface area contributed by atoms with Crippen molar-refractivity contribution in [3.8, 4) is 5.69 Å². The van der Waals surface area contributed by atoms with Crippen molar-refractivity contribution in [3.05, 3.63) is 54.1 Å². The van der Waals surface area contributed by atoms with E-state index in [0.717, 1.165) is 0 Å². The monoisotopic (exact) mass is 288 g/mol. The van der Waals surface area contributed by atoms with Crippen molar-refractivity contribution >= 4 is 23.2 Å². The average Bonchev–Trinajstić information content (AvgIpc) is 3.12. The minimum absolute atomic E-state index is 0.126. The molecule has 8 heteroatoms. The molecule has 0 saturated heterocycles. The summed E-state index contributed by atoms with van der Waals surface area (Å²) >= 11 is 6.19. The number of aromatic nitrogens is 5. The highest BCUT2D eigenvalue weighted by molar-refractivity contribution is 6.33. The van der Waals surface area contributed by atoms with Crippen molar-refractivity contribution in [2.45, 2.75) is 0 Å². The minimum atomic E-state index is -0.397. The number of anilines is 1. The number of hydrogen-bond acceptors (Lipinski definition) is 4. The van der Waals surface area contributed by atoms with Crippen molar-refractivity contribution in [2.75, 3.05) is 5.32 Å². The fourth-order valence-corrected chi connectivity index (χ4v) is 2.04. The van der Waals surface area contributed by atoms with Gasteiger partial charge in [-0.05, 0) is 12.1 Å². The zero-order valence-electron chi connectivity index (χ0n) is 10.1. The molecule has 1 aromatic carbocycles. The molecule has 0 unspecified atom stereocenters. The van der Waals surface area contributed by atoms with Crippen LogP contribution in [0, 0.1) is 0 Å². The van der Waals surface area contributed by atoms with Gasteiger partial charge in [-0.2, -0.15) is 5.10 Å². The van der Waals surface area contributed by atoms with Crippen LogP contribution < -0.4 is 5.32 Å². The Balaban J connectivity index is 1.98. The topological polar surface area (TPSA) is 88.5 Å². The Bertz CT molecular complexity index is 723. The first kappa shape index (κ1) is 12.4. The molecule has 1 amide bonds. The van der Waals surface area contributed by atoms with Crippen LogP contribution in [0.3, 0.4) is 0 Å². The number of aromatic amines is 1. The van der Waals surface area contributed by atoms with Crippen molar-refractivity contribution in [1.29, 1.82) is 0 Å². The molecule has 0 aliphatic heterocycles. The molecule has 0 radical (unpaired) electrons. The Morgan fingerprint density at radius 3 is 3.00 bits per heavy atom. The molecule has 0 atom stereocenters. The van der Waals surface area contributed by atoms with E-state index in [-0.39, 0.29) is 5.82 Å². The van der Waals surface area contributed by atoms with E-state index in [1.165, 1.54) is 6.33 Å². The second kappa shape index (κ2) is 5.14. The highest BCUT2D eigenvalue weighted by Gasteiger charge is 2.14. The van der Waals surface area contributed by atoms with Gasteiger partial charge in [-0.15, -0.1) is 0 Å². The van der Waals surface area contributed by atoms with E-state index in [1.54, 1.807) is 41.5 Å². The molecule has 0 aliphatic rings. The maximum Gasteiger partial charge on any atom is 0.293 e. The summed E-state index contributed by atoms with van der Waals surface area (Å²) in [5.74, 6) is -0.271. The third-order valence-corrected chi connectivity index (χ3v) is 2.93. The molecular formula is C12H9ClN6O. The van der Waals surface area contributed by atoms with Crippen LogP contribution >= 0.6 is 11.6 Å². The van der Waals surface area contributed by atoms with Gasteiger partial charge in [0, 0.05) is 12.4 Å². The first-order valence-electron chi connectivity index (χ1n) is 5.69. The molecule has 0 spiro atoms. The van der Waals surface area contributed by atoms with Gasteiger partial charge in [0.1, 0.15) is 6.33 Å². The van der Waals surface area contributed by atoms with E-state index in [2.05, 4.69) is 25.5 Å². The second-order valence-corrected chi connectivity index (χ2v) is 4.30. The van der Waals surface area contributed by atoms with Gasteiger partial charge in [0.15, 0.2) is 0 Å². The fraction of sp³-hybridized carbons (Fsp3) is 0. The van der Waals surface area contributed by atoms with Crippen molar-refractivity contribution < 1.29 is 4.79 Å². The van der Waals surface area contributed by atoms with Crippen LogP contribution in [0.15, 0.2) is 43.2 Å². The van der Waals surface area contributed by atoms with E-state index in [4.69, 9.17) is 11.6 Å². The number of imidazole rings is 1. The summed E-state index contributed by atoms with van der Waals surface area (Å²) in [6, 6.07) is 5.23. The lowest BCUT2D eigenvalue weighted by atomic mass is 10.2. The van der Waals surface area contributed by atoms with E-state index in [1.807, 2.05) is 0 Å². The number of H-pyrrole nitrogens is 1. The number of para-hydroxylation sites is 1. The van der Waals surface area contributed by atoms with Crippen LogP contribution in [0.25, 0.3) is 5.69 Å². The number of carbonyl (C=O) groups is 1. The zero-order valence-corrected chi connectivity index (χ0v) is 10.9. The molecule has 0 saturated carbocycles. The van der Waals surface area contributed by atoms with Gasteiger partial charge in [0.2, 0.25) is 5.82 Å². The molecule has 0 bridgehead atoms. The van der Waals surface area contributed by atoms with E-state index < -0.39 is 5.91 Å². The number of hydrogen-bond donors (Lipinski definition) is 2. The fourth-order valence-electron chi connectivity index (χ4n) is 1.77. The van der Waals surface area contributed by atoms with Crippen LogP contribution in [0.5, 0.6) is 0 Å². The summed E-state index contributed by atoms with van der Waals surface area (Å²) in [7, 11) is 0. The summed E-state index contributed by atoms with van der Waals surface area (Å²) in [6.07, 6.45) is 6.24. The summed E-state index contributed by atoms with van der Waals surface area (Å²) < 4.78 is 1.72. The predicted octanol–water partition coefficient (Wildman–Crippen LogP) is 1.90. The van der Waals surface area contributed by atoms with Crippen LogP contribution in [0.4, 0.5) is 5.69 Å². The number of carbonyl (C=O) groups excluding carboxylic acids is 1. The lowest BCUT2D eigenvalue weighted by molar-refractivity contribution is 0.101. The van der Waals surface area contributed by atoms with E-state index in [9.17, 15) is 4.79 Å². The van der Waals surface area contributed by atoms with Gasteiger partial charge < -0.3 is 9.88 Å². The van der Waals surface area contributed by atoms with Crippen molar-refractivity contribution in [3.63, 3.8) is 0 Å². The van der Waals surface area contributed by atoms with Gasteiger partial charge in [-0.1, -0.05) is 17.7 Å². The Labute approximate surface area is 118 Å². The molecule has 0 aliphatic carbocycles. The van der Waals surface area contributed by atoms with Gasteiger partial charge in [-0.25, -0.2) is 9.97 Å². The lowest BCUT2D eigenvalue weighted by Crippen LogP contribution is -2.15. The maximum atomic E-state index is 12.0. The molecule has 20 heavy (non-hydrogen) atoms. The zero-order chi connectivity index (χ0) is 13.9. The van der Waals surface area contributed by atoms with E-state index >= 15 is 0 Å². The smallest absolute Gasteiger partial charge is 0.293 e. The van der Waals surface area contributed by atoms with Gasteiger partial charge in [-0.3, -0.25) is 9.89 Å². The Morgan fingerprint density at radius 1 is 1.40 bits per heavy atom. The number of rotatable bonds is 3. The first-order chi connectivity index (χ1) is 9.75. The molecular weight excluding hydrogens is 280 g/mol. The van der Waals surface area contributed by atoms with E-state index in [0.29, 0.717) is 16.4 Å². The predicted molar refractivity (Wildman–Crippen MR) is 72.9 cm³/mol. The second-order valence-electron chi connectivity index (χ2n) is 3.89. The van der Waals surface area contributed by atoms with Gasteiger partial charge in [0.25, 0.3) is 5.91 Å². The van der Waals surface area contributed by atoms with Crippen LogP contribution in [-0.2, 0) is 0 Å². The number of amides is 1. The average molecular weight is 289 g/mol.